The molecule has 0 aliphatic rings. The van der Waals surface area contributed by atoms with Crippen LogP contribution in [0.4, 0.5) is 4.39 Å². The highest BCUT2D eigenvalue weighted by atomic mass is 19.1. The summed E-state index contributed by atoms with van der Waals surface area (Å²) in [5.41, 5.74) is 2.40. The Kier molecular flexibility index (Phi) is 4.55. The molecular weight excluding hydrogens is 225 g/mol. The Hall–Kier alpha value is -0.890. The van der Waals surface area contributed by atoms with Gasteiger partial charge in [-0.3, -0.25) is 0 Å². The zero-order valence-corrected chi connectivity index (χ0v) is 12.5. The van der Waals surface area contributed by atoms with Crippen LogP contribution in [0.5, 0.6) is 0 Å². The van der Waals surface area contributed by atoms with Crippen LogP contribution < -0.4 is 5.32 Å². The maximum Gasteiger partial charge on any atom is 0.123 e. The lowest BCUT2D eigenvalue weighted by Crippen LogP contribution is -2.38. The van der Waals surface area contributed by atoms with Gasteiger partial charge in [-0.2, -0.15) is 0 Å². The van der Waals surface area contributed by atoms with Crippen molar-refractivity contribution in [2.75, 3.05) is 6.54 Å². The Balaban J connectivity index is 2.76. The first-order valence-electron chi connectivity index (χ1n) is 6.63. The molecule has 18 heavy (non-hydrogen) atoms. The number of hydrogen-bond acceptors (Lipinski definition) is 1. The summed E-state index contributed by atoms with van der Waals surface area (Å²) in [6.45, 7) is 13.8. The maximum atomic E-state index is 13.4. The molecule has 1 aromatic carbocycles. The molecule has 0 aromatic heterocycles. The van der Waals surface area contributed by atoms with Crippen molar-refractivity contribution in [3.63, 3.8) is 0 Å². The highest BCUT2D eigenvalue weighted by molar-refractivity contribution is 5.32. The third kappa shape index (κ3) is 4.41. The quantitative estimate of drug-likeness (QED) is 0.846. The molecule has 1 rings (SSSR count). The highest BCUT2D eigenvalue weighted by Crippen LogP contribution is 2.30. The van der Waals surface area contributed by atoms with Gasteiger partial charge in [0.05, 0.1) is 0 Å². The first kappa shape index (κ1) is 15.2. The van der Waals surface area contributed by atoms with Gasteiger partial charge >= 0.3 is 0 Å². The average Bonchev–Trinajstić information content (AvgIpc) is 2.19. The van der Waals surface area contributed by atoms with E-state index in [1.807, 2.05) is 13.0 Å². The van der Waals surface area contributed by atoms with E-state index in [9.17, 15) is 4.39 Å². The molecule has 0 atom stereocenters. The summed E-state index contributed by atoms with van der Waals surface area (Å²) in [4.78, 5) is 0. The number of rotatable bonds is 4. The molecule has 0 saturated heterocycles. The smallest absolute Gasteiger partial charge is 0.123 e. The molecule has 0 spiro atoms. The summed E-state index contributed by atoms with van der Waals surface area (Å²) < 4.78 is 13.4. The van der Waals surface area contributed by atoms with Gasteiger partial charge in [-0.1, -0.05) is 19.9 Å². The molecule has 0 bridgehead atoms. The van der Waals surface area contributed by atoms with Crippen molar-refractivity contribution in [1.82, 2.24) is 5.32 Å². The molecule has 0 aliphatic carbocycles. The van der Waals surface area contributed by atoms with Crippen molar-refractivity contribution in [3.8, 4) is 0 Å². The van der Waals surface area contributed by atoms with Crippen LogP contribution >= 0.6 is 0 Å². The maximum absolute atomic E-state index is 13.4. The van der Waals surface area contributed by atoms with Crippen molar-refractivity contribution in [2.45, 2.75) is 58.9 Å². The van der Waals surface area contributed by atoms with Crippen LogP contribution in [-0.4, -0.2) is 12.1 Å². The first-order valence-corrected chi connectivity index (χ1v) is 6.63. The summed E-state index contributed by atoms with van der Waals surface area (Å²) in [6.07, 6.45) is 0.995. The molecule has 1 aromatic rings. The van der Waals surface area contributed by atoms with E-state index in [0.29, 0.717) is 0 Å². The number of aryl methyl sites for hydroxylation is 1. The Morgan fingerprint density at radius 1 is 1.11 bits per heavy atom. The molecule has 0 radical (unpaired) electrons. The molecule has 0 heterocycles. The van der Waals surface area contributed by atoms with E-state index in [0.717, 1.165) is 24.1 Å². The van der Waals surface area contributed by atoms with Crippen molar-refractivity contribution in [3.05, 3.63) is 35.1 Å². The minimum atomic E-state index is -0.146. The zero-order chi connectivity index (χ0) is 14.0. The number of halogens is 1. The van der Waals surface area contributed by atoms with E-state index in [1.165, 1.54) is 6.07 Å². The van der Waals surface area contributed by atoms with Crippen LogP contribution in [0.15, 0.2) is 18.2 Å². The molecular formula is C16H26FN. The average molecular weight is 251 g/mol. The third-order valence-corrected chi connectivity index (χ3v) is 3.33. The SMILES string of the molecule is Cc1ccc(F)cc1C(C)(C)CCNC(C)(C)C. The van der Waals surface area contributed by atoms with E-state index in [-0.39, 0.29) is 16.8 Å². The summed E-state index contributed by atoms with van der Waals surface area (Å²) in [7, 11) is 0. The lowest BCUT2D eigenvalue weighted by atomic mass is 9.79. The van der Waals surface area contributed by atoms with E-state index < -0.39 is 0 Å². The van der Waals surface area contributed by atoms with E-state index >= 15 is 0 Å². The summed E-state index contributed by atoms with van der Waals surface area (Å²) >= 11 is 0. The molecule has 0 aliphatic heterocycles. The molecule has 0 unspecified atom stereocenters. The molecule has 0 saturated carbocycles. The largest absolute Gasteiger partial charge is 0.312 e. The van der Waals surface area contributed by atoms with Gasteiger partial charge in [0.25, 0.3) is 0 Å². The number of benzene rings is 1. The summed E-state index contributed by atoms with van der Waals surface area (Å²) in [5.74, 6) is -0.146. The fourth-order valence-corrected chi connectivity index (χ4v) is 2.21. The standard InChI is InChI=1S/C16H26FN/c1-12-7-8-13(17)11-14(12)16(5,6)9-10-18-15(2,3)4/h7-8,11,18H,9-10H2,1-6H3. The van der Waals surface area contributed by atoms with E-state index in [4.69, 9.17) is 0 Å². The third-order valence-electron chi connectivity index (χ3n) is 3.33. The van der Waals surface area contributed by atoms with Gasteiger partial charge in [0.15, 0.2) is 0 Å². The van der Waals surface area contributed by atoms with Gasteiger partial charge in [0.1, 0.15) is 5.82 Å². The molecule has 1 N–H and O–H groups in total. The second-order valence-electron chi connectivity index (χ2n) is 6.77. The van der Waals surface area contributed by atoms with Crippen LogP contribution in [0.3, 0.4) is 0 Å². The number of hydrogen-bond donors (Lipinski definition) is 1. The normalized spacial score (nSPS) is 12.8. The topological polar surface area (TPSA) is 12.0 Å². The monoisotopic (exact) mass is 251 g/mol. The lowest BCUT2D eigenvalue weighted by molar-refractivity contribution is 0.378. The van der Waals surface area contributed by atoms with Crippen molar-refractivity contribution < 1.29 is 4.39 Å². The van der Waals surface area contributed by atoms with Gasteiger partial charge in [-0.05, 0) is 69.3 Å². The van der Waals surface area contributed by atoms with Crippen LogP contribution in [-0.2, 0) is 5.41 Å². The summed E-state index contributed by atoms with van der Waals surface area (Å²) in [6, 6.07) is 5.07. The molecule has 1 nitrogen and oxygen atoms in total. The van der Waals surface area contributed by atoms with Crippen LogP contribution in [0.25, 0.3) is 0 Å². The van der Waals surface area contributed by atoms with Crippen molar-refractivity contribution >= 4 is 0 Å². The first-order chi connectivity index (χ1) is 8.12. The van der Waals surface area contributed by atoms with Gasteiger partial charge in [0.2, 0.25) is 0 Å². The predicted octanol–water partition coefficient (Wildman–Crippen LogP) is 4.19. The second kappa shape index (κ2) is 5.40. The summed E-state index contributed by atoms with van der Waals surface area (Å²) in [5, 5.41) is 3.49. The molecule has 2 heteroatoms. The van der Waals surface area contributed by atoms with E-state index in [2.05, 4.69) is 39.9 Å². The Bertz CT molecular complexity index is 402. The molecule has 0 fully saturated rings. The van der Waals surface area contributed by atoms with Crippen molar-refractivity contribution in [1.29, 1.82) is 0 Å². The predicted molar refractivity (Wildman–Crippen MR) is 76.5 cm³/mol. The highest BCUT2D eigenvalue weighted by Gasteiger charge is 2.23. The van der Waals surface area contributed by atoms with E-state index in [1.54, 1.807) is 6.07 Å². The fraction of sp³-hybridized carbons (Fsp3) is 0.625. The van der Waals surface area contributed by atoms with Crippen LogP contribution in [0, 0.1) is 12.7 Å². The lowest BCUT2D eigenvalue weighted by Gasteiger charge is -2.29. The minimum absolute atomic E-state index is 0.00949. The Morgan fingerprint density at radius 3 is 2.28 bits per heavy atom. The molecule has 102 valence electrons. The van der Waals surface area contributed by atoms with Crippen LogP contribution in [0.2, 0.25) is 0 Å². The number of nitrogens with one attached hydrogen (secondary N) is 1. The van der Waals surface area contributed by atoms with Gasteiger partial charge in [-0.15, -0.1) is 0 Å². The second-order valence-corrected chi connectivity index (χ2v) is 6.77. The Labute approximate surface area is 111 Å². The van der Waals surface area contributed by atoms with Gasteiger partial charge in [-0.25, -0.2) is 4.39 Å². The minimum Gasteiger partial charge on any atom is -0.312 e. The zero-order valence-electron chi connectivity index (χ0n) is 12.5. The van der Waals surface area contributed by atoms with Gasteiger partial charge in [0, 0.05) is 5.54 Å². The van der Waals surface area contributed by atoms with Crippen molar-refractivity contribution in [2.24, 2.45) is 0 Å². The van der Waals surface area contributed by atoms with Crippen LogP contribution in [0.1, 0.15) is 52.2 Å². The fourth-order valence-electron chi connectivity index (χ4n) is 2.21. The molecule has 0 amide bonds. The Morgan fingerprint density at radius 2 is 1.72 bits per heavy atom. The van der Waals surface area contributed by atoms with Gasteiger partial charge < -0.3 is 5.32 Å².